The molecule has 0 unspecified atom stereocenters. The van der Waals surface area contributed by atoms with E-state index in [1.165, 1.54) is 18.2 Å². The van der Waals surface area contributed by atoms with Gasteiger partial charge in [-0.15, -0.1) is 0 Å². The Morgan fingerprint density at radius 1 is 1.31 bits per heavy atom. The van der Waals surface area contributed by atoms with E-state index in [9.17, 15) is 14.5 Å². The van der Waals surface area contributed by atoms with E-state index in [-0.39, 0.29) is 35.1 Å². The Labute approximate surface area is 164 Å². The Hall–Kier alpha value is -3.83. The number of hydrogen-bond donors (Lipinski definition) is 3. The van der Waals surface area contributed by atoms with Crippen LogP contribution in [0.15, 0.2) is 24.4 Å². The zero-order valence-corrected chi connectivity index (χ0v) is 15.9. The van der Waals surface area contributed by atoms with Crippen LogP contribution in [0.2, 0.25) is 0 Å². The molecule has 3 heterocycles. The summed E-state index contributed by atoms with van der Waals surface area (Å²) >= 11 is 0. The van der Waals surface area contributed by atoms with E-state index in [4.69, 9.17) is 10.5 Å². The van der Waals surface area contributed by atoms with Gasteiger partial charge in [0.1, 0.15) is 11.5 Å². The lowest BCUT2D eigenvalue weighted by atomic mass is 10.0. The summed E-state index contributed by atoms with van der Waals surface area (Å²) in [5.41, 5.74) is 5.83. The van der Waals surface area contributed by atoms with Gasteiger partial charge in [0.2, 0.25) is 17.6 Å². The fourth-order valence-electron chi connectivity index (χ4n) is 2.65. The van der Waals surface area contributed by atoms with Crippen molar-refractivity contribution in [1.29, 1.82) is 0 Å². The minimum Gasteiger partial charge on any atom is -0.475 e. The van der Waals surface area contributed by atoms with Crippen LogP contribution in [0.1, 0.15) is 38.1 Å². The number of hydrogen-bond acceptors (Lipinski definition) is 9. The van der Waals surface area contributed by atoms with E-state index in [0.29, 0.717) is 11.6 Å². The van der Waals surface area contributed by atoms with Crippen molar-refractivity contribution in [3.8, 4) is 5.88 Å². The number of nitrogens with one attached hydrogen (secondary N) is 2. The third kappa shape index (κ3) is 4.54. The Bertz CT molecular complexity index is 1020. The predicted molar refractivity (Wildman–Crippen MR) is 102 cm³/mol. The summed E-state index contributed by atoms with van der Waals surface area (Å²) in [5, 5.41) is 21.2. The smallest absolute Gasteiger partial charge is 0.333 e. The molecule has 0 aliphatic heterocycles. The number of ether oxygens (including phenoxy) is 1. The van der Waals surface area contributed by atoms with E-state index >= 15 is 0 Å². The van der Waals surface area contributed by atoms with Gasteiger partial charge < -0.3 is 15.8 Å². The molecule has 0 saturated heterocycles. The van der Waals surface area contributed by atoms with Crippen LogP contribution in [0.25, 0.3) is 0 Å². The number of halogens is 1. The van der Waals surface area contributed by atoms with Crippen LogP contribution in [-0.2, 0) is 0 Å². The second-order valence-electron chi connectivity index (χ2n) is 6.45. The van der Waals surface area contributed by atoms with Gasteiger partial charge in [0.05, 0.1) is 17.2 Å². The first kappa shape index (κ1) is 19.9. The zero-order valence-electron chi connectivity index (χ0n) is 15.9. The molecule has 3 aromatic heterocycles. The summed E-state index contributed by atoms with van der Waals surface area (Å²) in [4.78, 5) is 23.1. The molecule has 12 heteroatoms. The molecule has 0 aromatic carbocycles. The number of rotatable bonds is 7. The largest absolute Gasteiger partial charge is 0.475 e. The lowest BCUT2D eigenvalue weighted by molar-refractivity contribution is -0.385. The maximum atomic E-state index is 13.2. The number of nitrogens with two attached hydrogens (primary N) is 1. The number of nitro groups is 1. The summed E-state index contributed by atoms with van der Waals surface area (Å²) in [6, 6.07) is 4.18. The van der Waals surface area contributed by atoms with Gasteiger partial charge in [-0.2, -0.15) is 10.1 Å². The van der Waals surface area contributed by atoms with Gasteiger partial charge >= 0.3 is 5.69 Å². The maximum absolute atomic E-state index is 13.2. The van der Waals surface area contributed by atoms with Crippen LogP contribution < -0.4 is 15.8 Å². The second kappa shape index (κ2) is 8.04. The van der Waals surface area contributed by atoms with Crippen LogP contribution in [0.5, 0.6) is 5.88 Å². The first-order valence-corrected chi connectivity index (χ1v) is 8.67. The highest BCUT2D eigenvalue weighted by molar-refractivity contribution is 5.67. The molecule has 29 heavy (non-hydrogen) atoms. The molecule has 0 bridgehead atoms. The fourth-order valence-corrected chi connectivity index (χ4v) is 2.65. The molecular formula is C17H19FN8O3. The van der Waals surface area contributed by atoms with Crippen LogP contribution >= 0.6 is 0 Å². The third-order valence-corrected chi connectivity index (χ3v) is 3.88. The van der Waals surface area contributed by atoms with Gasteiger partial charge in [-0.3, -0.25) is 15.1 Å². The topological polar surface area (TPSA) is 158 Å². The van der Waals surface area contributed by atoms with E-state index in [0.717, 1.165) is 6.20 Å². The molecule has 0 spiro atoms. The van der Waals surface area contributed by atoms with Crippen molar-refractivity contribution in [2.75, 3.05) is 11.1 Å². The number of aromatic nitrogens is 5. The van der Waals surface area contributed by atoms with E-state index in [1.807, 2.05) is 13.8 Å². The molecule has 0 radical (unpaired) electrons. The molecule has 4 N–H and O–H groups in total. The number of pyridine rings is 1. The number of nitrogen functional groups attached to an aromatic ring is 1. The lowest BCUT2D eigenvalue weighted by Gasteiger charge is -2.13. The maximum Gasteiger partial charge on any atom is 0.333 e. The fraction of sp³-hybridized carbons (Fsp3) is 0.294. The van der Waals surface area contributed by atoms with Crippen LogP contribution in [0, 0.1) is 15.9 Å². The molecule has 11 nitrogen and oxygen atoms in total. The average molecular weight is 402 g/mol. The molecule has 3 aromatic rings. The Morgan fingerprint density at radius 3 is 2.69 bits per heavy atom. The van der Waals surface area contributed by atoms with Gasteiger partial charge in [-0.25, -0.2) is 14.5 Å². The van der Waals surface area contributed by atoms with Crippen molar-refractivity contribution in [1.82, 2.24) is 25.1 Å². The van der Waals surface area contributed by atoms with E-state index in [2.05, 4.69) is 30.5 Å². The second-order valence-corrected chi connectivity index (χ2v) is 6.45. The van der Waals surface area contributed by atoms with E-state index < -0.39 is 16.7 Å². The summed E-state index contributed by atoms with van der Waals surface area (Å²) in [5.74, 6) is -0.819. The average Bonchev–Trinajstić information content (AvgIpc) is 3.07. The summed E-state index contributed by atoms with van der Waals surface area (Å²) < 4.78 is 18.6. The van der Waals surface area contributed by atoms with E-state index in [1.54, 1.807) is 6.92 Å². The number of nitrogens with zero attached hydrogens (tertiary/aromatic N) is 5. The van der Waals surface area contributed by atoms with Gasteiger partial charge in [-0.05, 0) is 26.0 Å². The van der Waals surface area contributed by atoms with Crippen molar-refractivity contribution in [2.45, 2.75) is 32.8 Å². The molecular weight excluding hydrogens is 383 g/mol. The van der Waals surface area contributed by atoms with Crippen molar-refractivity contribution >= 4 is 23.3 Å². The van der Waals surface area contributed by atoms with Crippen molar-refractivity contribution in [3.05, 3.63) is 51.7 Å². The highest BCUT2D eigenvalue weighted by atomic mass is 19.1. The third-order valence-electron chi connectivity index (χ3n) is 3.88. The van der Waals surface area contributed by atoms with Crippen molar-refractivity contribution in [3.63, 3.8) is 0 Å². The van der Waals surface area contributed by atoms with Crippen LogP contribution in [0.4, 0.5) is 27.7 Å². The number of anilines is 3. The highest BCUT2D eigenvalue weighted by Crippen LogP contribution is 2.35. The lowest BCUT2D eigenvalue weighted by Crippen LogP contribution is -2.12. The van der Waals surface area contributed by atoms with Gasteiger partial charge in [0.25, 0.3) is 0 Å². The minimum absolute atomic E-state index is 0.0401. The minimum atomic E-state index is -0.638. The molecule has 1 atom stereocenters. The van der Waals surface area contributed by atoms with Crippen LogP contribution in [0.3, 0.4) is 0 Å². The Balaban J connectivity index is 2.00. The van der Waals surface area contributed by atoms with Gasteiger partial charge in [-0.1, -0.05) is 6.92 Å². The highest BCUT2D eigenvalue weighted by Gasteiger charge is 2.29. The monoisotopic (exact) mass is 402 g/mol. The molecule has 0 aliphatic rings. The quantitative estimate of drug-likeness (QED) is 0.399. The summed E-state index contributed by atoms with van der Waals surface area (Å²) in [6.45, 7) is 5.35. The standard InChI is InChI=1S/C17H19FN8O3/c1-8(2)29-13-6-12(24-25-13)21-16-15(26(27)28)14(22-17(19)23-16)9(3)11-5-4-10(18)7-20-11/h4-9H,1-3H3,(H4,19,21,22,23,24,25)/t9-/m0/s1. The number of H-pyrrole nitrogens is 1. The molecule has 0 aliphatic carbocycles. The van der Waals surface area contributed by atoms with Gasteiger partial charge in [0.15, 0.2) is 5.82 Å². The van der Waals surface area contributed by atoms with Gasteiger partial charge in [0, 0.05) is 17.7 Å². The summed E-state index contributed by atoms with van der Waals surface area (Å²) in [6.07, 6.45) is 0.949. The van der Waals surface area contributed by atoms with Crippen molar-refractivity contribution < 1.29 is 14.1 Å². The SMILES string of the molecule is CC(C)Oc1cc(Nc2nc(N)nc([C@@H](C)c3ccc(F)cn3)c2[N+](=O)[O-])n[nH]1. The molecule has 152 valence electrons. The molecule has 3 rings (SSSR count). The first-order valence-electron chi connectivity index (χ1n) is 8.67. The first-order chi connectivity index (χ1) is 13.7. The molecule has 0 fully saturated rings. The van der Waals surface area contributed by atoms with Crippen molar-refractivity contribution in [2.24, 2.45) is 0 Å². The normalized spacial score (nSPS) is 12.0. The molecule has 0 amide bonds. The zero-order chi connectivity index (χ0) is 21.1. The predicted octanol–water partition coefficient (Wildman–Crippen LogP) is 2.91. The number of aromatic amines is 1. The summed E-state index contributed by atoms with van der Waals surface area (Å²) in [7, 11) is 0. The Kier molecular flexibility index (Phi) is 5.52. The Morgan fingerprint density at radius 2 is 2.07 bits per heavy atom. The molecule has 0 saturated carbocycles. The van der Waals surface area contributed by atoms with Crippen LogP contribution in [-0.4, -0.2) is 36.2 Å².